The number of benzene rings is 2. The van der Waals surface area contributed by atoms with Crippen molar-refractivity contribution < 1.29 is 17.9 Å². The zero-order valence-electron chi connectivity index (χ0n) is 16.4. The Morgan fingerprint density at radius 3 is 2.39 bits per heavy atom. The van der Waals surface area contributed by atoms with E-state index in [4.69, 9.17) is 12.6 Å². The van der Waals surface area contributed by atoms with Crippen LogP contribution in [0.15, 0.2) is 30.3 Å². The van der Waals surface area contributed by atoms with Gasteiger partial charge in [-0.15, -0.1) is 0 Å². The number of fused-ring (bicyclic) bond motifs is 1. The van der Waals surface area contributed by atoms with Crippen molar-refractivity contribution in [3.05, 3.63) is 47.0 Å². The standard InChI is InChI=1S/C21H22BF3N2O/c1-5-13(6-2)14-8-9-15(21(23,24)25)18-19(14)27(4)20(26-18)28-17-10-7-12(3)11-16(17)22/h7-11,13H,5-6H2,1-4H3. The summed E-state index contributed by atoms with van der Waals surface area (Å²) < 4.78 is 48.1. The van der Waals surface area contributed by atoms with Gasteiger partial charge in [0, 0.05) is 7.05 Å². The molecule has 0 saturated heterocycles. The molecule has 0 aliphatic rings. The van der Waals surface area contributed by atoms with Crippen LogP contribution in [0.4, 0.5) is 13.2 Å². The van der Waals surface area contributed by atoms with E-state index in [9.17, 15) is 13.2 Å². The Balaban J connectivity index is 2.22. The highest BCUT2D eigenvalue weighted by molar-refractivity contribution is 6.34. The van der Waals surface area contributed by atoms with Gasteiger partial charge in [-0.25, -0.2) is 0 Å². The lowest BCUT2D eigenvalue weighted by molar-refractivity contribution is -0.136. The zero-order valence-corrected chi connectivity index (χ0v) is 16.4. The molecular weight excluding hydrogens is 364 g/mol. The zero-order chi connectivity index (χ0) is 20.6. The average Bonchev–Trinajstić information content (AvgIpc) is 2.94. The van der Waals surface area contributed by atoms with Gasteiger partial charge in [-0.1, -0.05) is 43.1 Å². The maximum atomic E-state index is 13.6. The summed E-state index contributed by atoms with van der Waals surface area (Å²) in [5, 5.41) is 0. The number of rotatable bonds is 5. The third-order valence-corrected chi connectivity index (χ3v) is 5.11. The molecule has 7 heteroatoms. The van der Waals surface area contributed by atoms with E-state index in [1.54, 1.807) is 29.8 Å². The second kappa shape index (κ2) is 7.53. The highest BCUT2D eigenvalue weighted by Gasteiger charge is 2.35. The van der Waals surface area contributed by atoms with Crippen LogP contribution in [0.1, 0.15) is 49.3 Å². The third kappa shape index (κ3) is 3.62. The number of hydrogen-bond acceptors (Lipinski definition) is 2. The van der Waals surface area contributed by atoms with Gasteiger partial charge >= 0.3 is 12.2 Å². The first-order valence-corrected chi connectivity index (χ1v) is 9.27. The quantitative estimate of drug-likeness (QED) is 0.550. The van der Waals surface area contributed by atoms with Crippen LogP contribution in [0.3, 0.4) is 0 Å². The molecule has 146 valence electrons. The Morgan fingerprint density at radius 1 is 1.14 bits per heavy atom. The predicted molar refractivity (Wildman–Crippen MR) is 106 cm³/mol. The maximum Gasteiger partial charge on any atom is 0.418 e. The topological polar surface area (TPSA) is 27.1 Å². The summed E-state index contributed by atoms with van der Waals surface area (Å²) in [6, 6.07) is 8.02. The molecule has 0 atom stereocenters. The Bertz CT molecular complexity index is 1010. The number of nitrogens with zero attached hydrogens (tertiary/aromatic N) is 2. The van der Waals surface area contributed by atoms with E-state index in [2.05, 4.69) is 4.98 Å². The molecule has 0 bridgehead atoms. The van der Waals surface area contributed by atoms with Gasteiger partial charge in [-0.3, -0.25) is 4.57 Å². The van der Waals surface area contributed by atoms with Crippen molar-refractivity contribution in [2.24, 2.45) is 7.05 Å². The first-order valence-electron chi connectivity index (χ1n) is 9.27. The molecule has 28 heavy (non-hydrogen) atoms. The van der Waals surface area contributed by atoms with Crippen LogP contribution >= 0.6 is 0 Å². The number of alkyl halides is 3. The van der Waals surface area contributed by atoms with Crippen molar-refractivity contribution in [3.63, 3.8) is 0 Å². The number of aryl methyl sites for hydroxylation is 2. The number of imidazole rings is 1. The summed E-state index contributed by atoms with van der Waals surface area (Å²) in [6.45, 7) is 5.95. The monoisotopic (exact) mass is 386 g/mol. The van der Waals surface area contributed by atoms with Crippen molar-refractivity contribution in [1.29, 1.82) is 0 Å². The van der Waals surface area contributed by atoms with Crippen molar-refractivity contribution in [3.8, 4) is 11.8 Å². The third-order valence-electron chi connectivity index (χ3n) is 5.11. The molecule has 0 aliphatic carbocycles. The Morgan fingerprint density at radius 2 is 1.82 bits per heavy atom. The average molecular weight is 386 g/mol. The maximum absolute atomic E-state index is 13.6. The van der Waals surface area contributed by atoms with Gasteiger partial charge in [0.25, 0.3) is 0 Å². The van der Waals surface area contributed by atoms with Gasteiger partial charge in [0.1, 0.15) is 19.1 Å². The van der Waals surface area contributed by atoms with E-state index in [0.717, 1.165) is 30.0 Å². The van der Waals surface area contributed by atoms with Crippen LogP contribution in [0.2, 0.25) is 0 Å². The van der Waals surface area contributed by atoms with Crippen LogP contribution in [0, 0.1) is 6.92 Å². The Labute approximate surface area is 163 Å². The van der Waals surface area contributed by atoms with E-state index in [-0.39, 0.29) is 17.4 Å². The molecule has 0 N–H and O–H groups in total. The number of ether oxygens (including phenoxy) is 1. The van der Waals surface area contributed by atoms with E-state index in [1.807, 2.05) is 26.8 Å². The van der Waals surface area contributed by atoms with E-state index in [0.29, 0.717) is 16.7 Å². The van der Waals surface area contributed by atoms with Crippen molar-refractivity contribution >= 4 is 24.3 Å². The van der Waals surface area contributed by atoms with Crippen LogP contribution in [-0.2, 0) is 13.2 Å². The fraction of sp³-hybridized carbons (Fsp3) is 0.381. The summed E-state index contributed by atoms with van der Waals surface area (Å²) in [5.41, 5.74) is 1.80. The van der Waals surface area contributed by atoms with Crippen molar-refractivity contribution in [2.45, 2.75) is 45.7 Å². The van der Waals surface area contributed by atoms with Gasteiger partial charge in [0.2, 0.25) is 0 Å². The Hall–Kier alpha value is -2.44. The summed E-state index contributed by atoms with van der Waals surface area (Å²) in [6.07, 6.45) is -2.86. The number of halogens is 3. The lowest BCUT2D eigenvalue weighted by Crippen LogP contribution is -2.09. The van der Waals surface area contributed by atoms with Gasteiger partial charge in [0.15, 0.2) is 0 Å². The second-order valence-electron chi connectivity index (χ2n) is 7.01. The minimum atomic E-state index is -4.50. The summed E-state index contributed by atoms with van der Waals surface area (Å²) in [4.78, 5) is 4.21. The normalized spacial score (nSPS) is 12.1. The predicted octanol–water partition coefficient (Wildman–Crippen LogP) is 5.39. The van der Waals surface area contributed by atoms with Gasteiger partial charge in [-0.05, 0) is 43.4 Å². The lowest BCUT2D eigenvalue weighted by atomic mass is 9.91. The first-order chi connectivity index (χ1) is 13.2. The fourth-order valence-corrected chi connectivity index (χ4v) is 3.56. The molecule has 2 aromatic carbocycles. The van der Waals surface area contributed by atoms with Gasteiger partial charge in [-0.2, -0.15) is 18.2 Å². The fourth-order valence-electron chi connectivity index (χ4n) is 3.56. The van der Waals surface area contributed by atoms with Gasteiger partial charge in [0.05, 0.1) is 11.1 Å². The molecule has 1 aromatic heterocycles. The van der Waals surface area contributed by atoms with Gasteiger partial charge < -0.3 is 4.74 Å². The van der Waals surface area contributed by atoms with Crippen molar-refractivity contribution in [2.75, 3.05) is 0 Å². The number of aromatic nitrogens is 2. The molecule has 0 fully saturated rings. The molecule has 1 heterocycles. The van der Waals surface area contributed by atoms with Crippen LogP contribution < -0.4 is 10.2 Å². The van der Waals surface area contributed by atoms with Crippen molar-refractivity contribution in [1.82, 2.24) is 9.55 Å². The minimum Gasteiger partial charge on any atom is -0.426 e. The lowest BCUT2D eigenvalue weighted by Gasteiger charge is -2.17. The molecule has 0 saturated carbocycles. The SMILES string of the molecule is [B]c1cc(C)ccc1Oc1nc2c(C(F)(F)F)ccc(C(CC)CC)c2n1C. The highest BCUT2D eigenvalue weighted by Crippen LogP contribution is 2.40. The van der Waals surface area contributed by atoms with Crippen LogP contribution in [0.25, 0.3) is 11.0 Å². The van der Waals surface area contributed by atoms with Crippen LogP contribution in [0.5, 0.6) is 11.8 Å². The smallest absolute Gasteiger partial charge is 0.418 e. The highest BCUT2D eigenvalue weighted by atomic mass is 19.4. The molecule has 0 spiro atoms. The van der Waals surface area contributed by atoms with Crippen LogP contribution in [-0.4, -0.2) is 17.4 Å². The molecule has 2 radical (unpaired) electrons. The summed E-state index contributed by atoms with van der Waals surface area (Å²) in [7, 11) is 7.66. The van der Waals surface area contributed by atoms with E-state index in [1.165, 1.54) is 0 Å². The number of hydrogen-bond donors (Lipinski definition) is 0. The second-order valence-corrected chi connectivity index (χ2v) is 7.01. The molecule has 3 aromatic rings. The van der Waals surface area contributed by atoms with E-state index >= 15 is 0 Å². The summed E-state index contributed by atoms with van der Waals surface area (Å²) in [5.74, 6) is 0.499. The minimum absolute atomic E-state index is 0.0782. The molecule has 3 rings (SSSR count). The first kappa shape index (κ1) is 20.3. The molecule has 0 unspecified atom stereocenters. The molecule has 3 nitrogen and oxygen atoms in total. The molecular formula is C21H22BF3N2O. The van der Waals surface area contributed by atoms with E-state index < -0.39 is 11.7 Å². The largest absolute Gasteiger partial charge is 0.426 e. The summed E-state index contributed by atoms with van der Waals surface area (Å²) >= 11 is 0. The Kier molecular flexibility index (Phi) is 5.46. The molecule has 0 amide bonds. The molecule has 0 aliphatic heterocycles.